The molecular formula is C23H22N2O6S. The average Bonchev–Trinajstić information content (AvgIpc) is 3.29. The number of rotatable bonds is 8. The van der Waals surface area contributed by atoms with E-state index in [-0.39, 0.29) is 6.61 Å². The van der Waals surface area contributed by atoms with Crippen molar-refractivity contribution < 1.29 is 28.2 Å². The van der Waals surface area contributed by atoms with E-state index in [9.17, 15) is 4.79 Å². The first kappa shape index (κ1) is 23.0. The maximum Gasteiger partial charge on any atom is 0.339 e. The van der Waals surface area contributed by atoms with Gasteiger partial charge in [0.15, 0.2) is 18.1 Å². The molecule has 8 nitrogen and oxygen atoms in total. The molecule has 166 valence electrons. The maximum absolute atomic E-state index is 12.0. The first-order valence-electron chi connectivity index (χ1n) is 9.52. The van der Waals surface area contributed by atoms with E-state index in [1.165, 1.54) is 33.1 Å². The zero-order valence-electron chi connectivity index (χ0n) is 18.1. The molecule has 0 saturated heterocycles. The van der Waals surface area contributed by atoms with E-state index >= 15 is 0 Å². The highest BCUT2D eigenvalue weighted by atomic mass is 32.2. The Bertz CT molecular complexity index is 1120. The summed E-state index contributed by atoms with van der Waals surface area (Å²) in [5, 5.41) is 8.45. The minimum absolute atomic E-state index is 0.00779. The van der Waals surface area contributed by atoms with Crippen molar-refractivity contribution in [3.63, 3.8) is 0 Å². The summed E-state index contributed by atoms with van der Waals surface area (Å²) < 4.78 is 26.9. The summed E-state index contributed by atoms with van der Waals surface area (Å²) >= 11 is 1.28. The molecular weight excluding hydrogens is 432 g/mol. The average molecular weight is 455 g/mol. The quantitative estimate of drug-likeness (QED) is 0.284. The second-order valence-electron chi connectivity index (χ2n) is 6.37. The molecule has 0 amide bonds. The highest BCUT2D eigenvalue weighted by Crippen LogP contribution is 2.41. The third-order valence-corrected chi connectivity index (χ3v) is 4.94. The van der Waals surface area contributed by atoms with Crippen LogP contribution in [0.2, 0.25) is 0 Å². The van der Waals surface area contributed by atoms with Crippen molar-refractivity contribution in [1.29, 1.82) is 0 Å². The molecule has 0 aliphatic carbocycles. The number of hydrogen-bond acceptors (Lipinski definition) is 9. The highest BCUT2D eigenvalue weighted by Gasteiger charge is 2.17. The van der Waals surface area contributed by atoms with Crippen LogP contribution in [0.4, 0.5) is 0 Å². The number of benzene rings is 2. The molecule has 1 aromatic heterocycles. The Kier molecular flexibility index (Phi) is 8.00. The van der Waals surface area contributed by atoms with Crippen molar-refractivity contribution in [1.82, 2.24) is 10.2 Å². The van der Waals surface area contributed by atoms with Crippen LogP contribution in [0.3, 0.4) is 0 Å². The number of aryl methyl sites for hydroxylation is 1. The normalized spacial score (nSPS) is 10.1. The number of carbonyl (C=O) groups is 1. The molecule has 3 rings (SSSR count). The zero-order valence-corrected chi connectivity index (χ0v) is 18.9. The predicted molar refractivity (Wildman–Crippen MR) is 119 cm³/mol. The maximum atomic E-state index is 12.0. The monoisotopic (exact) mass is 454 g/mol. The fraction of sp³-hybridized carbons (Fsp3) is 0.261. The topological polar surface area (TPSA) is 92.9 Å². The van der Waals surface area contributed by atoms with Crippen molar-refractivity contribution in [3.05, 3.63) is 47.5 Å². The van der Waals surface area contributed by atoms with Gasteiger partial charge < -0.3 is 23.4 Å². The zero-order chi connectivity index (χ0) is 22.9. The Morgan fingerprint density at radius 2 is 1.78 bits per heavy atom. The van der Waals surface area contributed by atoms with E-state index in [0.717, 1.165) is 5.56 Å². The van der Waals surface area contributed by atoms with Crippen LogP contribution in [0.5, 0.6) is 17.2 Å². The molecule has 3 aromatic rings. The van der Waals surface area contributed by atoms with Gasteiger partial charge in [0, 0.05) is 5.56 Å². The van der Waals surface area contributed by atoms with Crippen molar-refractivity contribution in [2.75, 3.05) is 33.7 Å². The van der Waals surface area contributed by atoms with E-state index in [1.54, 1.807) is 24.3 Å². The SMILES string of the molecule is COc1cc(-c2nnc(SCC#CCOC(=O)c3cccc(C)c3)o2)cc(OC)c1OC. The van der Waals surface area contributed by atoms with E-state index in [2.05, 4.69) is 22.0 Å². The lowest BCUT2D eigenvalue weighted by molar-refractivity contribution is 0.0556. The van der Waals surface area contributed by atoms with Crippen LogP contribution in [0.15, 0.2) is 46.0 Å². The lowest BCUT2D eigenvalue weighted by Gasteiger charge is -2.12. The molecule has 9 heteroatoms. The van der Waals surface area contributed by atoms with Gasteiger partial charge in [0.1, 0.15) is 0 Å². The molecule has 0 N–H and O–H groups in total. The number of aromatic nitrogens is 2. The van der Waals surface area contributed by atoms with E-state index in [0.29, 0.717) is 45.2 Å². The summed E-state index contributed by atoms with van der Waals surface area (Å²) in [7, 11) is 4.60. The van der Waals surface area contributed by atoms with Gasteiger partial charge in [0.05, 0.1) is 32.6 Å². The molecule has 0 atom stereocenters. The largest absolute Gasteiger partial charge is 0.493 e. The molecule has 0 aliphatic rings. The first-order valence-corrected chi connectivity index (χ1v) is 10.5. The van der Waals surface area contributed by atoms with Gasteiger partial charge in [-0.25, -0.2) is 4.79 Å². The van der Waals surface area contributed by atoms with Gasteiger partial charge in [-0.2, -0.15) is 0 Å². The molecule has 0 radical (unpaired) electrons. The standard InChI is InChI=1S/C23H22N2O6S/c1-15-8-7-9-16(12-15)22(26)30-10-5-6-11-32-23-25-24-21(31-23)17-13-18(27-2)20(29-4)19(14-17)28-3/h7-9,12-14H,10-11H2,1-4H3. The Morgan fingerprint density at radius 1 is 1.03 bits per heavy atom. The van der Waals surface area contributed by atoms with Crippen LogP contribution in [-0.4, -0.2) is 49.9 Å². The van der Waals surface area contributed by atoms with E-state index < -0.39 is 5.97 Å². The summed E-state index contributed by atoms with van der Waals surface area (Å²) in [5.41, 5.74) is 2.13. The molecule has 0 fully saturated rings. The van der Waals surface area contributed by atoms with Gasteiger partial charge in [-0.05, 0) is 31.2 Å². The second kappa shape index (κ2) is 11.1. The van der Waals surface area contributed by atoms with Crippen molar-refractivity contribution >= 4 is 17.7 Å². The smallest absolute Gasteiger partial charge is 0.339 e. The van der Waals surface area contributed by atoms with Crippen LogP contribution in [0.25, 0.3) is 11.5 Å². The number of esters is 1. The van der Waals surface area contributed by atoms with Crippen LogP contribution in [0.1, 0.15) is 15.9 Å². The van der Waals surface area contributed by atoms with Crippen molar-refractivity contribution in [3.8, 4) is 40.5 Å². The number of ether oxygens (including phenoxy) is 4. The van der Waals surface area contributed by atoms with Gasteiger partial charge in [0.25, 0.3) is 5.22 Å². The minimum Gasteiger partial charge on any atom is -0.493 e. The molecule has 1 heterocycles. The molecule has 0 bridgehead atoms. The van der Waals surface area contributed by atoms with Gasteiger partial charge in [0.2, 0.25) is 11.6 Å². The first-order chi connectivity index (χ1) is 15.5. The molecule has 2 aromatic carbocycles. The summed E-state index contributed by atoms with van der Waals surface area (Å²) in [6.07, 6.45) is 0. The van der Waals surface area contributed by atoms with Crippen molar-refractivity contribution in [2.24, 2.45) is 0 Å². The van der Waals surface area contributed by atoms with Crippen LogP contribution < -0.4 is 14.2 Å². The molecule has 0 spiro atoms. The third-order valence-electron chi connectivity index (χ3n) is 4.24. The van der Waals surface area contributed by atoms with Crippen LogP contribution in [0, 0.1) is 18.8 Å². The van der Waals surface area contributed by atoms with Gasteiger partial charge >= 0.3 is 5.97 Å². The number of nitrogens with zero attached hydrogens (tertiary/aromatic N) is 2. The Morgan fingerprint density at radius 3 is 2.44 bits per heavy atom. The Hall–Kier alpha value is -3.64. The van der Waals surface area contributed by atoms with Gasteiger partial charge in [-0.3, -0.25) is 0 Å². The molecule has 0 unspecified atom stereocenters. The third kappa shape index (κ3) is 5.74. The van der Waals surface area contributed by atoms with Crippen LogP contribution in [-0.2, 0) is 4.74 Å². The lowest BCUT2D eigenvalue weighted by atomic mass is 10.1. The molecule has 0 aliphatic heterocycles. The Balaban J connectivity index is 1.55. The Labute approximate surface area is 190 Å². The number of methoxy groups -OCH3 is 3. The lowest BCUT2D eigenvalue weighted by Crippen LogP contribution is -2.05. The number of carbonyl (C=O) groups excluding carboxylic acids is 1. The fourth-order valence-corrected chi connectivity index (χ4v) is 3.28. The second-order valence-corrected chi connectivity index (χ2v) is 7.30. The van der Waals surface area contributed by atoms with Crippen molar-refractivity contribution in [2.45, 2.75) is 12.1 Å². The summed E-state index contributed by atoms with van der Waals surface area (Å²) in [5.74, 6) is 7.47. The minimum atomic E-state index is -0.400. The summed E-state index contributed by atoms with van der Waals surface area (Å²) in [4.78, 5) is 12.0. The van der Waals surface area contributed by atoms with Gasteiger partial charge in [-0.15, -0.1) is 10.2 Å². The number of hydrogen-bond donors (Lipinski definition) is 0. The molecule has 0 saturated carbocycles. The summed E-state index contributed by atoms with van der Waals surface area (Å²) in [6, 6.07) is 10.7. The van der Waals surface area contributed by atoms with E-state index in [1.807, 2.05) is 19.1 Å². The van der Waals surface area contributed by atoms with E-state index in [4.69, 9.17) is 23.4 Å². The predicted octanol–water partition coefficient (Wildman–Crippen LogP) is 4.02. The fourth-order valence-electron chi connectivity index (χ4n) is 2.75. The van der Waals surface area contributed by atoms with Gasteiger partial charge in [-0.1, -0.05) is 41.3 Å². The number of thioether (sulfide) groups is 1. The highest BCUT2D eigenvalue weighted by molar-refractivity contribution is 7.99. The van der Waals surface area contributed by atoms with Crippen LogP contribution >= 0.6 is 11.8 Å². The summed E-state index contributed by atoms with van der Waals surface area (Å²) in [6.45, 7) is 1.92. The molecule has 32 heavy (non-hydrogen) atoms.